The summed E-state index contributed by atoms with van der Waals surface area (Å²) in [4.78, 5) is 43.3. The van der Waals surface area contributed by atoms with E-state index >= 15 is 0 Å². The van der Waals surface area contributed by atoms with E-state index in [9.17, 15) is 19.5 Å². The zero-order valence-corrected chi connectivity index (χ0v) is 23.4. The fourth-order valence-corrected chi connectivity index (χ4v) is 5.88. The number of allylic oxidation sites excluding steroid dienone is 8. The van der Waals surface area contributed by atoms with Crippen LogP contribution in [0.3, 0.4) is 0 Å². The first-order chi connectivity index (χ1) is 16.2. The van der Waals surface area contributed by atoms with Crippen LogP contribution in [-0.2, 0) is 14.4 Å². The van der Waals surface area contributed by atoms with Gasteiger partial charge in [0.1, 0.15) is 5.76 Å². The molecule has 35 heavy (non-hydrogen) atoms. The summed E-state index contributed by atoms with van der Waals surface area (Å²) in [6, 6.07) is 0. The minimum absolute atomic E-state index is 0.110. The van der Waals surface area contributed by atoms with Gasteiger partial charge in [0.15, 0.2) is 22.8 Å². The Balaban J connectivity index is 2.92. The molecule has 1 unspecified atom stereocenters. The van der Waals surface area contributed by atoms with Crippen LogP contribution in [0.2, 0.25) is 0 Å². The van der Waals surface area contributed by atoms with Crippen molar-refractivity contribution in [2.24, 2.45) is 22.2 Å². The van der Waals surface area contributed by atoms with Crippen LogP contribution in [-0.4, -0.2) is 22.5 Å². The average Bonchev–Trinajstić information content (AvgIpc) is 2.77. The Morgan fingerprint density at radius 1 is 0.971 bits per heavy atom. The van der Waals surface area contributed by atoms with Gasteiger partial charge >= 0.3 is 0 Å². The molecule has 0 radical (unpaired) electrons. The molecular weight excluding hydrogens is 436 g/mol. The predicted octanol–water partition coefficient (Wildman–Crippen LogP) is 7.80. The van der Waals surface area contributed by atoms with Crippen molar-refractivity contribution in [3.05, 3.63) is 46.3 Å². The molecule has 0 aromatic rings. The van der Waals surface area contributed by atoms with Crippen molar-refractivity contribution in [1.29, 1.82) is 0 Å². The number of ketones is 3. The lowest BCUT2D eigenvalue weighted by molar-refractivity contribution is -0.173. The first-order valence-electron chi connectivity index (χ1n) is 13.2. The Labute approximate surface area is 212 Å². The first-order valence-corrected chi connectivity index (χ1v) is 13.2. The molecule has 0 saturated heterocycles. The molecule has 2 rings (SSSR count). The lowest BCUT2D eigenvalue weighted by Gasteiger charge is -2.57. The smallest absolute Gasteiger partial charge is 0.184 e. The number of carbonyl (C=O) groups is 3. The van der Waals surface area contributed by atoms with Crippen molar-refractivity contribution >= 4 is 17.3 Å². The fraction of sp³-hybridized carbons (Fsp3) is 0.645. The van der Waals surface area contributed by atoms with Gasteiger partial charge < -0.3 is 5.11 Å². The summed E-state index contributed by atoms with van der Waals surface area (Å²) in [6.07, 6.45) is 9.36. The fourth-order valence-electron chi connectivity index (χ4n) is 5.88. The number of hydrogen-bond acceptors (Lipinski definition) is 4. The molecule has 0 spiro atoms. The van der Waals surface area contributed by atoms with Crippen molar-refractivity contribution in [2.75, 3.05) is 0 Å². The van der Waals surface area contributed by atoms with Gasteiger partial charge in [-0.1, -0.05) is 55.7 Å². The maximum Gasteiger partial charge on any atom is 0.184 e. The SMILES string of the molecule is CCC(C)C(=O)[C@@]12C(=O)C(CC=C(C)C)=C(O)[C@@](CC=C(C)C)(CC[C@@]1(C)CCC=C(C)C)C2=O. The molecule has 194 valence electrons. The molecule has 4 atom stereocenters. The monoisotopic (exact) mass is 482 g/mol. The van der Waals surface area contributed by atoms with E-state index in [0.29, 0.717) is 38.5 Å². The first kappa shape index (κ1) is 29.0. The van der Waals surface area contributed by atoms with Gasteiger partial charge in [-0.25, -0.2) is 0 Å². The van der Waals surface area contributed by atoms with Crippen LogP contribution in [0.4, 0.5) is 0 Å². The van der Waals surface area contributed by atoms with Crippen LogP contribution in [0.25, 0.3) is 0 Å². The molecule has 4 nitrogen and oxygen atoms in total. The quantitative estimate of drug-likeness (QED) is 0.255. The van der Waals surface area contributed by atoms with Gasteiger partial charge in [-0.3, -0.25) is 14.4 Å². The van der Waals surface area contributed by atoms with E-state index in [1.807, 2.05) is 74.5 Å². The van der Waals surface area contributed by atoms with Crippen molar-refractivity contribution in [3.63, 3.8) is 0 Å². The number of hydrogen-bond donors (Lipinski definition) is 1. The molecule has 2 aliphatic carbocycles. The van der Waals surface area contributed by atoms with E-state index in [-0.39, 0.29) is 29.3 Å². The maximum absolute atomic E-state index is 14.6. The lowest BCUT2D eigenvalue weighted by Crippen LogP contribution is -2.68. The Hall–Kier alpha value is -2.23. The standard InChI is InChI=1S/C31H46O4/c1-10-23(8)25(32)31-27(34)24(14-13-21(4)5)26(33)30(28(31)35,17-15-22(6)7)19-18-29(31,9)16-11-12-20(2)3/h12-13,15,23,33H,10-11,14,16-19H2,1-9H3/t23?,29-,30-,31+/m1/s1. The second kappa shape index (κ2) is 10.8. The van der Waals surface area contributed by atoms with E-state index in [2.05, 4.69) is 6.08 Å². The summed E-state index contributed by atoms with van der Waals surface area (Å²) < 4.78 is 0. The highest BCUT2D eigenvalue weighted by Crippen LogP contribution is 2.64. The van der Waals surface area contributed by atoms with Gasteiger partial charge in [-0.05, 0) is 91.9 Å². The Kier molecular flexibility index (Phi) is 8.95. The van der Waals surface area contributed by atoms with Crippen molar-refractivity contribution in [1.82, 2.24) is 0 Å². The van der Waals surface area contributed by atoms with Crippen molar-refractivity contribution < 1.29 is 19.5 Å². The highest BCUT2D eigenvalue weighted by atomic mass is 16.3. The summed E-state index contributed by atoms with van der Waals surface area (Å²) in [5.74, 6) is -1.63. The topological polar surface area (TPSA) is 71.4 Å². The molecule has 0 amide bonds. The normalized spacial score (nSPS) is 28.9. The molecule has 1 saturated carbocycles. The van der Waals surface area contributed by atoms with Gasteiger partial charge in [-0.15, -0.1) is 0 Å². The van der Waals surface area contributed by atoms with E-state index in [4.69, 9.17) is 0 Å². The van der Waals surface area contributed by atoms with E-state index in [0.717, 1.165) is 11.1 Å². The third-order valence-corrected chi connectivity index (χ3v) is 8.39. The summed E-state index contributed by atoms with van der Waals surface area (Å²) in [7, 11) is 0. The number of carbonyl (C=O) groups excluding carboxylic acids is 3. The highest BCUT2D eigenvalue weighted by molar-refractivity contribution is 6.33. The van der Waals surface area contributed by atoms with Crippen molar-refractivity contribution in [2.45, 2.75) is 107 Å². The second-order valence-electron chi connectivity index (χ2n) is 11.8. The average molecular weight is 483 g/mol. The summed E-state index contributed by atoms with van der Waals surface area (Å²) in [6.45, 7) is 17.6. The third-order valence-electron chi connectivity index (χ3n) is 8.39. The molecular formula is C31H46O4. The zero-order valence-electron chi connectivity index (χ0n) is 23.4. The van der Waals surface area contributed by atoms with Crippen LogP contribution in [0.15, 0.2) is 46.3 Å². The number of aliphatic hydroxyl groups is 1. The minimum atomic E-state index is -1.76. The van der Waals surface area contributed by atoms with E-state index in [1.54, 1.807) is 0 Å². The van der Waals surface area contributed by atoms with Gasteiger partial charge in [0.05, 0.1) is 5.41 Å². The van der Waals surface area contributed by atoms with Crippen LogP contribution >= 0.6 is 0 Å². The largest absolute Gasteiger partial charge is 0.511 e. The van der Waals surface area contributed by atoms with Crippen LogP contribution < -0.4 is 0 Å². The van der Waals surface area contributed by atoms with Gasteiger partial charge in [-0.2, -0.15) is 0 Å². The molecule has 1 fully saturated rings. The van der Waals surface area contributed by atoms with Gasteiger partial charge in [0.2, 0.25) is 0 Å². The van der Waals surface area contributed by atoms with Crippen molar-refractivity contribution in [3.8, 4) is 0 Å². The van der Waals surface area contributed by atoms with Gasteiger partial charge in [0.25, 0.3) is 0 Å². The molecule has 4 heteroatoms. The zero-order chi connectivity index (χ0) is 26.8. The van der Waals surface area contributed by atoms with Crippen LogP contribution in [0.1, 0.15) is 107 Å². The molecule has 1 N–H and O–H groups in total. The van der Waals surface area contributed by atoms with E-state index in [1.165, 1.54) is 5.57 Å². The third kappa shape index (κ3) is 4.90. The summed E-state index contributed by atoms with van der Waals surface area (Å²) >= 11 is 0. The highest BCUT2D eigenvalue weighted by Gasteiger charge is 2.73. The Bertz CT molecular complexity index is 995. The van der Waals surface area contributed by atoms with E-state index < -0.39 is 27.9 Å². The predicted molar refractivity (Wildman–Crippen MR) is 143 cm³/mol. The lowest BCUT2D eigenvalue weighted by atomic mass is 9.41. The molecule has 2 aliphatic rings. The maximum atomic E-state index is 14.6. The molecule has 2 bridgehead atoms. The summed E-state index contributed by atoms with van der Waals surface area (Å²) in [5.41, 5.74) is -0.312. The minimum Gasteiger partial charge on any atom is -0.511 e. The Morgan fingerprint density at radius 3 is 2.06 bits per heavy atom. The van der Waals surface area contributed by atoms with Gasteiger partial charge in [0, 0.05) is 11.5 Å². The second-order valence-corrected chi connectivity index (χ2v) is 11.8. The number of rotatable bonds is 10. The van der Waals surface area contributed by atoms with Crippen LogP contribution in [0, 0.1) is 22.2 Å². The molecule has 0 aromatic heterocycles. The molecule has 0 heterocycles. The molecule has 0 aliphatic heterocycles. The number of fused-ring (bicyclic) bond motifs is 2. The molecule has 0 aromatic carbocycles. The number of aliphatic hydroxyl groups excluding tert-OH is 1. The summed E-state index contributed by atoms with van der Waals surface area (Å²) in [5, 5.41) is 11.6. The Morgan fingerprint density at radius 2 is 1.54 bits per heavy atom. The number of Topliss-reactive ketones (excluding diaryl/α,β-unsaturated/α-hetero) is 3. The van der Waals surface area contributed by atoms with Crippen LogP contribution in [0.5, 0.6) is 0 Å².